The second kappa shape index (κ2) is 8.48. The molecule has 1 saturated carbocycles. The first-order chi connectivity index (χ1) is 15.8. The molecule has 0 radical (unpaired) electrons. The number of carbonyl (C=O) groups excluding carboxylic acids is 1. The molecule has 4 rings (SSSR count). The lowest BCUT2D eigenvalue weighted by atomic mass is 10.0. The first-order valence-corrected chi connectivity index (χ1v) is 11.5. The number of nitrogens with zero attached hydrogens (tertiary/aromatic N) is 2. The van der Waals surface area contributed by atoms with Crippen LogP contribution in [-0.2, 0) is 11.3 Å². The van der Waals surface area contributed by atoms with Gasteiger partial charge in [0.1, 0.15) is 11.3 Å². The molecule has 1 aliphatic heterocycles. The summed E-state index contributed by atoms with van der Waals surface area (Å²) in [4.78, 5) is 26.2. The fraction of sp³-hybridized carbons (Fsp3) is 0.583. The number of hydrogen-bond acceptors (Lipinski definition) is 5. The minimum atomic E-state index is -1.85. The van der Waals surface area contributed by atoms with E-state index in [1.54, 1.807) is 27.7 Å². The number of rotatable bonds is 5. The molecule has 0 spiro atoms. The third kappa shape index (κ3) is 4.47. The molecule has 10 heteroatoms. The van der Waals surface area contributed by atoms with Gasteiger partial charge in [0.15, 0.2) is 11.6 Å². The number of benzene rings is 1. The largest absolute Gasteiger partial charge is 0.444 e. The Kier molecular flexibility index (Phi) is 6.08. The summed E-state index contributed by atoms with van der Waals surface area (Å²) in [6, 6.07) is 1.20. The molecule has 186 valence electrons. The normalized spacial score (nSPS) is 20.8. The van der Waals surface area contributed by atoms with Gasteiger partial charge < -0.3 is 25.3 Å². The summed E-state index contributed by atoms with van der Waals surface area (Å²) in [5.41, 5.74) is 3.72. The number of anilines is 1. The zero-order chi connectivity index (χ0) is 25.0. The van der Waals surface area contributed by atoms with Gasteiger partial charge in [-0.25, -0.2) is 18.0 Å². The summed E-state index contributed by atoms with van der Waals surface area (Å²) in [6.45, 7) is 6.18. The van der Waals surface area contributed by atoms with Crippen molar-refractivity contribution in [1.82, 2.24) is 9.88 Å². The SMILES string of the molecule is Cc1c(N2CCC(F)(CNC(=O)OC(C)(C)C)C2)c(F)c(F)c2c(CN)cc(=O)n(C3CC3)c12. The first kappa shape index (κ1) is 24.4. The topological polar surface area (TPSA) is 89.6 Å². The molecule has 34 heavy (non-hydrogen) atoms. The second-order valence-corrected chi connectivity index (χ2v) is 10.3. The van der Waals surface area contributed by atoms with Gasteiger partial charge in [0, 0.05) is 42.6 Å². The summed E-state index contributed by atoms with van der Waals surface area (Å²) in [7, 11) is 0. The number of nitrogens with two attached hydrogens (primary N) is 1. The molecule has 1 aromatic heterocycles. The van der Waals surface area contributed by atoms with Gasteiger partial charge in [-0.1, -0.05) is 0 Å². The Hall–Kier alpha value is -2.75. The smallest absolute Gasteiger partial charge is 0.407 e. The number of halogens is 3. The molecule has 1 amide bonds. The Morgan fingerprint density at radius 2 is 1.97 bits per heavy atom. The summed E-state index contributed by atoms with van der Waals surface area (Å²) in [6.07, 6.45) is 0.820. The van der Waals surface area contributed by atoms with Gasteiger partial charge in [-0.2, -0.15) is 0 Å². The van der Waals surface area contributed by atoms with Crippen LogP contribution in [0.1, 0.15) is 57.2 Å². The number of ether oxygens (including phenoxy) is 1. The van der Waals surface area contributed by atoms with E-state index in [0.29, 0.717) is 11.1 Å². The number of amides is 1. The lowest BCUT2D eigenvalue weighted by Crippen LogP contribution is -2.43. The van der Waals surface area contributed by atoms with Crippen molar-refractivity contribution in [2.24, 2.45) is 5.73 Å². The molecule has 1 atom stereocenters. The number of aromatic nitrogens is 1. The summed E-state index contributed by atoms with van der Waals surface area (Å²) in [5, 5.41) is 2.43. The molecular weight excluding hydrogens is 449 g/mol. The maximum atomic E-state index is 15.5. The number of carbonyl (C=O) groups is 1. The van der Waals surface area contributed by atoms with E-state index >= 15 is 13.2 Å². The summed E-state index contributed by atoms with van der Waals surface area (Å²) in [5.74, 6) is -2.18. The standard InChI is InChI=1S/C24H31F3N4O3/c1-13-20-17(14(10-28)9-16(32)31(20)15-5-6-15)18(25)19(26)21(13)30-8-7-24(27,12-30)11-29-22(33)34-23(2,3)4/h9,15H,5-8,10-12,28H2,1-4H3,(H,29,33). The number of alkyl carbamates (subject to hydrolysis) is 1. The van der Waals surface area contributed by atoms with Crippen LogP contribution in [0.25, 0.3) is 10.9 Å². The number of alkyl halides is 1. The van der Waals surface area contributed by atoms with Crippen LogP contribution < -0.4 is 21.5 Å². The van der Waals surface area contributed by atoms with Crippen molar-refractivity contribution in [2.45, 2.75) is 70.8 Å². The molecule has 2 aromatic rings. The molecule has 1 aromatic carbocycles. The van der Waals surface area contributed by atoms with Crippen LogP contribution in [-0.4, -0.2) is 41.6 Å². The van der Waals surface area contributed by atoms with Crippen molar-refractivity contribution >= 4 is 22.7 Å². The number of hydrogen-bond donors (Lipinski definition) is 2. The van der Waals surface area contributed by atoms with E-state index in [9.17, 15) is 9.59 Å². The Balaban J connectivity index is 1.70. The van der Waals surface area contributed by atoms with Gasteiger partial charge in [-0.05, 0) is 46.1 Å². The van der Waals surface area contributed by atoms with Gasteiger partial charge >= 0.3 is 6.09 Å². The van der Waals surface area contributed by atoms with Gasteiger partial charge in [-0.3, -0.25) is 4.79 Å². The fourth-order valence-electron chi connectivity index (χ4n) is 4.72. The highest BCUT2D eigenvalue weighted by molar-refractivity contribution is 5.91. The number of fused-ring (bicyclic) bond motifs is 1. The monoisotopic (exact) mass is 480 g/mol. The van der Waals surface area contributed by atoms with Crippen molar-refractivity contribution in [3.8, 4) is 0 Å². The van der Waals surface area contributed by atoms with Crippen molar-refractivity contribution in [3.63, 3.8) is 0 Å². The quantitative estimate of drug-likeness (QED) is 0.679. The molecule has 3 N–H and O–H groups in total. The highest BCUT2D eigenvalue weighted by atomic mass is 19.2. The minimum absolute atomic E-state index is 0.00468. The Morgan fingerprint density at radius 3 is 2.56 bits per heavy atom. The zero-order valence-electron chi connectivity index (χ0n) is 19.9. The molecule has 1 aliphatic carbocycles. The molecule has 2 heterocycles. The van der Waals surface area contributed by atoms with Gasteiger partial charge in [0.05, 0.1) is 24.3 Å². The van der Waals surface area contributed by atoms with Crippen molar-refractivity contribution in [1.29, 1.82) is 0 Å². The van der Waals surface area contributed by atoms with E-state index in [1.165, 1.54) is 15.5 Å². The van der Waals surface area contributed by atoms with Gasteiger partial charge in [-0.15, -0.1) is 0 Å². The van der Waals surface area contributed by atoms with Gasteiger partial charge in [0.2, 0.25) is 0 Å². The molecule has 1 saturated heterocycles. The third-order valence-electron chi connectivity index (χ3n) is 6.37. The molecule has 2 fully saturated rings. The van der Waals surface area contributed by atoms with Crippen LogP contribution in [0.3, 0.4) is 0 Å². The van der Waals surface area contributed by atoms with E-state index in [4.69, 9.17) is 10.5 Å². The van der Waals surface area contributed by atoms with Crippen LogP contribution in [0.15, 0.2) is 10.9 Å². The Labute approximate surface area is 196 Å². The average Bonchev–Trinajstić information content (AvgIpc) is 3.51. The summed E-state index contributed by atoms with van der Waals surface area (Å²) < 4.78 is 53.0. The van der Waals surface area contributed by atoms with E-state index in [2.05, 4.69) is 5.32 Å². The highest BCUT2D eigenvalue weighted by Crippen LogP contribution is 2.42. The number of nitrogens with one attached hydrogen (secondary N) is 1. The fourth-order valence-corrected chi connectivity index (χ4v) is 4.72. The lowest BCUT2D eigenvalue weighted by Gasteiger charge is -2.27. The van der Waals surface area contributed by atoms with Crippen LogP contribution >= 0.6 is 0 Å². The maximum Gasteiger partial charge on any atom is 0.407 e. The molecule has 2 aliphatic rings. The third-order valence-corrected chi connectivity index (χ3v) is 6.37. The Bertz CT molecular complexity index is 1200. The van der Waals surface area contributed by atoms with E-state index in [0.717, 1.165) is 12.8 Å². The average molecular weight is 481 g/mol. The summed E-state index contributed by atoms with van der Waals surface area (Å²) >= 11 is 0. The van der Waals surface area contributed by atoms with Crippen molar-refractivity contribution < 1.29 is 22.7 Å². The maximum absolute atomic E-state index is 15.5. The zero-order valence-corrected chi connectivity index (χ0v) is 19.9. The number of aryl methyl sites for hydroxylation is 1. The Morgan fingerprint density at radius 1 is 1.29 bits per heavy atom. The van der Waals surface area contributed by atoms with Crippen molar-refractivity contribution in [2.75, 3.05) is 24.5 Å². The predicted octanol–water partition coefficient (Wildman–Crippen LogP) is 3.82. The molecular formula is C24H31F3N4O3. The molecule has 1 unspecified atom stereocenters. The van der Waals surface area contributed by atoms with Crippen molar-refractivity contribution in [3.05, 3.63) is 39.2 Å². The number of pyridine rings is 1. The van der Waals surface area contributed by atoms with Crippen LogP contribution in [0.2, 0.25) is 0 Å². The highest BCUT2D eigenvalue weighted by Gasteiger charge is 2.41. The second-order valence-electron chi connectivity index (χ2n) is 10.3. The van der Waals surface area contributed by atoms with Gasteiger partial charge in [0.25, 0.3) is 5.56 Å². The first-order valence-electron chi connectivity index (χ1n) is 11.5. The van der Waals surface area contributed by atoms with E-state index in [1.807, 2.05) is 0 Å². The van der Waals surface area contributed by atoms with E-state index < -0.39 is 29.0 Å². The predicted molar refractivity (Wildman–Crippen MR) is 124 cm³/mol. The molecule has 0 bridgehead atoms. The molecule has 7 nitrogen and oxygen atoms in total. The van der Waals surface area contributed by atoms with Crippen LogP contribution in [0.5, 0.6) is 0 Å². The minimum Gasteiger partial charge on any atom is -0.444 e. The van der Waals surface area contributed by atoms with Crippen LogP contribution in [0.4, 0.5) is 23.7 Å². The van der Waals surface area contributed by atoms with E-state index in [-0.39, 0.29) is 60.8 Å². The van der Waals surface area contributed by atoms with Crippen LogP contribution in [0, 0.1) is 18.6 Å². The lowest BCUT2D eigenvalue weighted by molar-refractivity contribution is 0.0486.